The number of amides is 2. The summed E-state index contributed by atoms with van der Waals surface area (Å²) in [5, 5.41) is 14.8. The van der Waals surface area contributed by atoms with Crippen LogP contribution in [0.1, 0.15) is 44.7 Å². The Morgan fingerprint density at radius 1 is 1.21 bits per heavy atom. The monoisotopic (exact) mass is 264 g/mol. The van der Waals surface area contributed by atoms with Gasteiger partial charge in [0.05, 0.1) is 12.1 Å². The Balaban J connectivity index is 2.72. The smallest absolute Gasteiger partial charge is 0.319 e. The fraction of sp³-hybridized carbons (Fsp3) is 0.533. The lowest BCUT2D eigenvalue weighted by Gasteiger charge is -2.18. The van der Waals surface area contributed by atoms with Crippen molar-refractivity contribution in [3.05, 3.63) is 29.3 Å². The number of benzene rings is 1. The van der Waals surface area contributed by atoms with Crippen LogP contribution >= 0.6 is 0 Å². The summed E-state index contributed by atoms with van der Waals surface area (Å²) in [6.45, 7) is 9.73. The highest BCUT2D eigenvalue weighted by molar-refractivity contribution is 5.89. The molecular formula is C15H24N2O2. The third kappa shape index (κ3) is 4.56. The molecule has 0 aliphatic heterocycles. The number of carbonyl (C=O) groups excluding carboxylic acids is 1. The van der Waals surface area contributed by atoms with Gasteiger partial charge in [0.25, 0.3) is 0 Å². The Kier molecular flexibility index (Phi) is 5.36. The van der Waals surface area contributed by atoms with Gasteiger partial charge in [0, 0.05) is 5.69 Å². The molecule has 1 rings (SSSR count). The number of urea groups is 1. The maximum atomic E-state index is 11.8. The second-order valence-corrected chi connectivity index (χ2v) is 5.35. The lowest BCUT2D eigenvalue weighted by molar-refractivity contribution is 0.155. The first-order valence-electron chi connectivity index (χ1n) is 6.67. The highest BCUT2D eigenvalue weighted by atomic mass is 16.3. The molecule has 19 heavy (non-hydrogen) atoms. The van der Waals surface area contributed by atoms with Gasteiger partial charge in [0.2, 0.25) is 0 Å². The number of rotatable bonds is 4. The van der Waals surface area contributed by atoms with Gasteiger partial charge < -0.3 is 15.7 Å². The van der Waals surface area contributed by atoms with Crippen LogP contribution in [-0.4, -0.2) is 23.3 Å². The second-order valence-electron chi connectivity index (χ2n) is 5.35. The predicted octanol–water partition coefficient (Wildman–Crippen LogP) is 3.01. The van der Waals surface area contributed by atoms with Gasteiger partial charge in [-0.2, -0.15) is 0 Å². The highest BCUT2D eigenvalue weighted by Gasteiger charge is 2.12. The summed E-state index contributed by atoms with van der Waals surface area (Å²) < 4.78 is 0. The van der Waals surface area contributed by atoms with Crippen LogP contribution in [0.2, 0.25) is 0 Å². The quantitative estimate of drug-likeness (QED) is 0.783. The van der Waals surface area contributed by atoms with E-state index in [2.05, 4.69) is 31.4 Å². The molecule has 4 nitrogen and oxygen atoms in total. The van der Waals surface area contributed by atoms with Crippen LogP contribution in [0.15, 0.2) is 18.2 Å². The molecule has 0 fully saturated rings. The SMILES string of the molecule is Cc1ccc(NC(=O)NC(C)C(C)O)cc1C(C)C. The molecule has 0 aliphatic carbocycles. The standard InChI is InChI=1S/C15H24N2O2/c1-9(2)14-8-13(7-6-10(14)3)17-15(19)16-11(4)12(5)18/h6-9,11-12,18H,1-5H3,(H2,16,17,19). The summed E-state index contributed by atoms with van der Waals surface area (Å²) in [4.78, 5) is 11.8. The number of aryl methyl sites for hydroxylation is 1. The van der Waals surface area contributed by atoms with E-state index in [0.29, 0.717) is 5.92 Å². The third-order valence-electron chi connectivity index (χ3n) is 3.24. The molecule has 106 valence electrons. The van der Waals surface area contributed by atoms with E-state index in [0.717, 1.165) is 5.69 Å². The Hall–Kier alpha value is -1.55. The summed E-state index contributed by atoms with van der Waals surface area (Å²) in [6, 6.07) is 5.30. The van der Waals surface area contributed by atoms with Crippen LogP contribution in [0.5, 0.6) is 0 Å². The number of carbonyl (C=O) groups is 1. The van der Waals surface area contributed by atoms with Crippen molar-refractivity contribution >= 4 is 11.7 Å². The topological polar surface area (TPSA) is 61.4 Å². The molecule has 1 aromatic rings. The van der Waals surface area contributed by atoms with E-state index in [9.17, 15) is 9.90 Å². The molecule has 0 saturated heterocycles. The predicted molar refractivity (Wildman–Crippen MR) is 78.6 cm³/mol. The van der Waals surface area contributed by atoms with Gasteiger partial charge in [-0.25, -0.2) is 4.79 Å². The minimum absolute atomic E-state index is 0.282. The molecule has 4 heteroatoms. The minimum atomic E-state index is -0.574. The number of nitrogens with one attached hydrogen (secondary N) is 2. The largest absolute Gasteiger partial charge is 0.391 e. The maximum absolute atomic E-state index is 11.8. The molecule has 0 spiro atoms. The Morgan fingerprint density at radius 3 is 2.37 bits per heavy atom. The summed E-state index contributed by atoms with van der Waals surface area (Å²) in [5.41, 5.74) is 3.21. The van der Waals surface area contributed by atoms with Crippen molar-refractivity contribution in [1.29, 1.82) is 0 Å². The molecule has 0 saturated carbocycles. The molecule has 2 atom stereocenters. The molecular weight excluding hydrogens is 240 g/mol. The number of aliphatic hydroxyl groups is 1. The van der Waals surface area contributed by atoms with Crippen molar-refractivity contribution in [3.63, 3.8) is 0 Å². The van der Waals surface area contributed by atoms with Gasteiger partial charge >= 0.3 is 6.03 Å². The van der Waals surface area contributed by atoms with Crippen molar-refractivity contribution in [1.82, 2.24) is 5.32 Å². The minimum Gasteiger partial charge on any atom is -0.391 e. The normalized spacial score (nSPS) is 14.1. The average Bonchev–Trinajstić information content (AvgIpc) is 2.30. The lowest BCUT2D eigenvalue weighted by atomic mass is 9.97. The average molecular weight is 264 g/mol. The highest BCUT2D eigenvalue weighted by Crippen LogP contribution is 2.22. The molecule has 3 N–H and O–H groups in total. The number of anilines is 1. The zero-order chi connectivity index (χ0) is 14.6. The van der Waals surface area contributed by atoms with Crippen LogP contribution in [0.3, 0.4) is 0 Å². The van der Waals surface area contributed by atoms with Gasteiger partial charge in [-0.05, 0) is 49.9 Å². The Bertz CT molecular complexity index is 442. The molecule has 0 heterocycles. The molecule has 0 radical (unpaired) electrons. The van der Waals surface area contributed by atoms with Crippen molar-refractivity contribution in [2.45, 2.75) is 52.7 Å². The molecule has 0 bridgehead atoms. The summed E-state index contributed by atoms with van der Waals surface area (Å²) in [7, 11) is 0. The van der Waals surface area contributed by atoms with Crippen LogP contribution in [0.4, 0.5) is 10.5 Å². The number of hydrogen-bond acceptors (Lipinski definition) is 2. The summed E-state index contributed by atoms with van der Waals surface area (Å²) in [5.74, 6) is 0.418. The van der Waals surface area contributed by atoms with Crippen molar-refractivity contribution in [2.24, 2.45) is 0 Å². The second kappa shape index (κ2) is 6.57. The van der Waals surface area contributed by atoms with E-state index in [1.165, 1.54) is 11.1 Å². The first kappa shape index (κ1) is 15.5. The van der Waals surface area contributed by atoms with Crippen LogP contribution in [-0.2, 0) is 0 Å². The van der Waals surface area contributed by atoms with Crippen molar-refractivity contribution in [3.8, 4) is 0 Å². The Labute approximate surface area is 115 Å². The van der Waals surface area contributed by atoms with Gasteiger partial charge in [-0.15, -0.1) is 0 Å². The Morgan fingerprint density at radius 2 is 1.84 bits per heavy atom. The fourth-order valence-corrected chi connectivity index (χ4v) is 1.83. The molecule has 2 unspecified atom stereocenters. The number of hydrogen-bond donors (Lipinski definition) is 3. The first-order valence-corrected chi connectivity index (χ1v) is 6.67. The van der Waals surface area contributed by atoms with Crippen LogP contribution in [0, 0.1) is 6.92 Å². The van der Waals surface area contributed by atoms with Gasteiger partial charge in [0.1, 0.15) is 0 Å². The van der Waals surface area contributed by atoms with Crippen molar-refractivity contribution < 1.29 is 9.90 Å². The van der Waals surface area contributed by atoms with Gasteiger partial charge in [0.15, 0.2) is 0 Å². The molecule has 0 aliphatic rings. The summed E-state index contributed by atoms with van der Waals surface area (Å²) in [6.07, 6.45) is -0.574. The van der Waals surface area contributed by atoms with Crippen molar-refractivity contribution in [2.75, 3.05) is 5.32 Å². The molecule has 2 amide bonds. The van der Waals surface area contributed by atoms with E-state index >= 15 is 0 Å². The number of aliphatic hydroxyl groups excluding tert-OH is 1. The van der Waals surface area contributed by atoms with E-state index in [4.69, 9.17) is 0 Å². The van der Waals surface area contributed by atoms with Gasteiger partial charge in [-0.3, -0.25) is 0 Å². The van der Waals surface area contributed by atoms with Crippen LogP contribution in [0.25, 0.3) is 0 Å². The zero-order valence-electron chi connectivity index (χ0n) is 12.3. The van der Waals surface area contributed by atoms with E-state index < -0.39 is 6.10 Å². The van der Waals surface area contributed by atoms with Gasteiger partial charge in [-0.1, -0.05) is 19.9 Å². The fourth-order valence-electron chi connectivity index (χ4n) is 1.83. The van der Waals surface area contributed by atoms with Crippen LogP contribution < -0.4 is 10.6 Å². The summed E-state index contributed by atoms with van der Waals surface area (Å²) >= 11 is 0. The van der Waals surface area contributed by atoms with E-state index in [1.807, 2.05) is 18.2 Å². The third-order valence-corrected chi connectivity index (χ3v) is 3.24. The van der Waals surface area contributed by atoms with E-state index in [1.54, 1.807) is 13.8 Å². The lowest BCUT2D eigenvalue weighted by Crippen LogP contribution is -2.42. The maximum Gasteiger partial charge on any atom is 0.319 e. The molecule has 0 aromatic heterocycles. The first-order chi connectivity index (χ1) is 8.81. The van der Waals surface area contributed by atoms with E-state index in [-0.39, 0.29) is 12.1 Å². The zero-order valence-corrected chi connectivity index (χ0v) is 12.3. The molecule has 1 aromatic carbocycles.